The summed E-state index contributed by atoms with van der Waals surface area (Å²) in [7, 11) is 4.72. The van der Waals surface area contributed by atoms with Crippen molar-refractivity contribution in [3.63, 3.8) is 0 Å². The number of likely N-dealkylation sites (N-methyl/N-ethyl adjacent to an activating group) is 2. The Bertz CT molecular complexity index is 870. The van der Waals surface area contributed by atoms with Gasteiger partial charge in [-0.05, 0) is 36.9 Å². The molecule has 0 aliphatic rings. The molecule has 2 rings (SSSR count). The molecule has 0 saturated carbocycles. The molecule has 9 heteroatoms. The quantitative estimate of drug-likeness (QED) is 0.708. The zero-order valence-corrected chi connectivity index (χ0v) is 17.0. The summed E-state index contributed by atoms with van der Waals surface area (Å²) in [4.78, 5) is 27.5. The number of carbonyl (C=O) groups excluding carboxylic acids is 2. The summed E-state index contributed by atoms with van der Waals surface area (Å²) in [5, 5.41) is 2.69. The molecule has 0 radical (unpaired) electrons. The molecule has 0 atom stereocenters. The van der Waals surface area contributed by atoms with E-state index in [-0.39, 0.29) is 24.9 Å². The number of rotatable bonds is 8. The zero-order chi connectivity index (χ0) is 22.3. The number of hydrogen-bond acceptors (Lipinski definition) is 4. The van der Waals surface area contributed by atoms with Crippen molar-refractivity contribution < 1.29 is 27.5 Å². The first kappa shape index (κ1) is 23.2. The highest BCUT2D eigenvalue weighted by Gasteiger charge is 2.30. The molecule has 0 aliphatic heterocycles. The summed E-state index contributed by atoms with van der Waals surface area (Å²) in [5.41, 5.74) is 0.489. The number of methoxy groups -OCH3 is 1. The number of benzene rings is 2. The standard InChI is InChI=1S/C21H24F3N3O3/c1-26(12-15-7-9-16(10-8-15)21(22,23)24)14-20(29)27(2)13-19(28)25-17-5-4-6-18(11-17)30-3/h4-11H,12-14H2,1-3H3,(H,25,28). The topological polar surface area (TPSA) is 61.9 Å². The Morgan fingerprint density at radius 2 is 1.70 bits per heavy atom. The van der Waals surface area contributed by atoms with E-state index in [4.69, 9.17) is 4.74 Å². The van der Waals surface area contributed by atoms with Crippen molar-refractivity contribution in [1.82, 2.24) is 9.80 Å². The Morgan fingerprint density at radius 3 is 2.30 bits per heavy atom. The molecule has 162 valence electrons. The lowest BCUT2D eigenvalue weighted by Gasteiger charge is -2.22. The molecule has 0 aliphatic carbocycles. The first-order chi connectivity index (χ1) is 14.1. The van der Waals surface area contributed by atoms with E-state index >= 15 is 0 Å². The molecule has 2 aromatic rings. The van der Waals surface area contributed by atoms with Crippen molar-refractivity contribution in [3.8, 4) is 5.75 Å². The SMILES string of the molecule is COc1cccc(NC(=O)CN(C)C(=O)CN(C)Cc2ccc(C(F)(F)F)cc2)c1. The number of nitrogens with one attached hydrogen (secondary N) is 1. The highest BCUT2D eigenvalue weighted by atomic mass is 19.4. The van der Waals surface area contributed by atoms with Gasteiger partial charge in [0.1, 0.15) is 5.75 Å². The van der Waals surface area contributed by atoms with Gasteiger partial charge < -0.3 is 15.0 Å². The van der Waals surface area contributed by atoms with Gasteiger partial charge in [0.25, 0.3) is 0 Å². The van der Waals surface area contributed by atoms with Crippen LogP contribution in [0.25, 0.3) is 0 Å². The Hall–Kier alpha value is -3.07. The van der Waals surface area contributed by atoms with Crippen molar-refractivity contribution in [2.24, 2.45) is 0 Å². The van der Waals surface area contributed by atoms with Crippen LogP contribution in [0.5, 0.6) is 5.75 Å². The van der Waals surface area contributed by atoms with Crippen LogP contribution in [0.3, 0.4) is 0 Å². The van der Waals surface area contributed by atoms with Crippen LogP contribution in [0.1, 0.15) is 11.1 Å². The van der Waals surface area contributed by atoms with Gasteiger partial charge >= 0.3 is 6.18 Å². The minimum absolute atomic E-state index is 0.0178. The third-order valence-corrected chi connectivity index (χ3v) is 4.30. The molecule has 0 unspecified atom stereocenters. The van der Waals surface area contributed by atoms with Crippen molar-refractivity contribution in [1.29, 1.82) is 0 Å². The number of ether oxygens (including phenoxy) is 1. The predicted molar refractivity (Wildman–Crippen MR) is 107 cm³/mol. The van der Waals surface area contributed by atoms with Gasteiger partial charge in [-0.2, -0.15) is 13.2 Å². The van der Waals surface area contributed by atoms with Crippen molar-refractivity contribution in [2.75, 3.05) is 39.6 Å². The maximum absolute atomic E-state index is 12.6. The molecule has 1 N–H and O–H groups in total. The number of amides is 2. The number of alkyl halides is 3. The lowest BCUT2D eigenvalue weighted by Crippen LogP contribution is -2.40. The molecular weight excluding hydrogens is 399 g/mol. The third kappa shape index (κ3) is 7.07. The van der Waals surface area contributed by atoms with Crippen LogP contribution in [0.15, 0.2) is 48.5 Å². The van der Waals surface area contributed by atoms with E-state index in [9.17, 15) is 22.8 Å². The minimum atomic E-state index is -4.38. The van der Waals surface area contributed by atoms with Crippen LogP contribution < -0.4 is 10.1 Å². The van der Waals surface area contributed by atoms with Crippen molar-refractivity contribution in [2.45, 2.75) is 12.7 Å². The van der Waals surface area contributed by atoms with Gasteiger partial charge in [-0.25, -0.2) is 0 Å². The summed E-state index contributed by atoms with van der Waals surface area (Å²) < 4.78 is 43.0. The molecule has 2 amide bonds. The van der Waals surface area contributed by atoms with Crippen molar-refractivity contribution >= 4 is 17.5 Å². The first-order valence-electron chi connectivity index (χ1n) is 9.11. The molecule has 0 bridgehead atoms. The van der Waals surface area contributed by atoms with E-state index in [1.807, 2.05) is 0 Å². The largest absolute Gasteiger partial charge is 0.497 e. The molecular formula is C21H24F3N3O3. The van der Waals surface area contributed by atoms with Gasteiger partial charge in [0, 0.05) is 25.3 Å². The Morgan fingerprint density at radius 1 is 1.03 bits per heavy atom. The van der Waals surface area contributed by atoms with E-state index in [0.717, 1.165) is 12.1 Å². The predicted octanol–water partition coefficient (Wildman–Crippen LogP) is 3.24. The Kier molecular flexibility index (Phi) is 7.82. The monoisotopic (exact) mass is 423 g/mol. The number of halogens is 3. The van der Waals surface area contributed by atoms with E-state index in [1.165, 1.54) is 31.2 Å². The molecule has 0 aromatic heterocycles. The summed E-state index contributed by atoms with van der Waals surface area (Å²) in [6, 6.07) is 11.7. The number of nitrogens with zero attached hydrogens (tertiary/aromatic N) is 2. The van der Waals surface area contributed by atoms with Crippen LogP contribution >= 0.6 is 0 Å². The second-order valence-corrected chi connectivity index (χ2v) is 6.90. The molecule has 30 heavy (non-hydrogen) atoms. The Labute approximate surface area is 173 Å². The van der Waals surface area contributed by atoms with Crippen LogP contribution in [0.2, 0.25) is 0 Å². The van der Waals surface area contributed by atoms with Crippen molar-refractivity contribution in [3.05, 3.63) is 59.7 Å². The zero-order valence-electron chi connectivity index (χ0n) is 17.0. The summed E-state index contributed by atoms with van der Waals surface area (Å²) in [6.07, 6.45) is -4.38. The van der Waals surface area contributed by atoms with E-state index in [0.29, 0.717) is 23.5 Å². The average Bonchev–Trinajstić information content (AvgIpc) is 2.67. The van der Waals surface area contributed by atoms with Gasteiger partial charge in [-0.3, -0.25) is 14.5 Å². The number of carbonyl (C=O) groups is 2. The summed E-state index contributed by atoms with van der Waals surface area (Å²) >= 11 is 0. The highest BCUT2D eigenvalue weighted by molar-refractivity contribution is 5.94. The van der Waals surface area contributed by atoms with Crippen LogP contribution in [-0.2, 0) is 22.3 Å². The molecule has 0 saturated heterocycles. The highest BCUT2D eigenvalue weighted by Crippen LogP contribution is 2.29. The maximum Gasteiger partial charge on any atom is 0.416 e. The van der Waals surface area contributed by atoms with Gasteiger partial charge in [0.2, 0.25) is 11.8 Å². The van der Waals surface area contributed by atoms with Gasteiger partial charge in [-0.1, -0.05) is 18.2 Å². The number of anilines is 1. The normalized spacial score (nSPS) is 11.3. The average molecular weight is 423 g/mol. The summed E-state index contributed by atoms with van der Waals surface area (Å²) in [6.45, 7) is 0.182. The van der Waals surface area contributed by atoms with E-state index in [1.54, 1.807) is 36.2 Å². The van der Waals surface area contributed by atoms with Gasteiger partial charge in [-0.15, -0.1) is 0 Å². The lowest BCUT2D eigenvalue weighted by molar-refractivity contribution is -0.137. The van der Waals surface area contributed by atoms with Gasteiger partial charge in [0.05, 0.1) is 25.8 Å². The second kappa shape index (κ2) is 10.1. The van der Waals surface area contributed by atoms with E-state index < -0.39 is 11.7 Å². The number of hydrogen-bond donors (Lipinski definition) is 1. The Balaban J connectivity index is 1.83. The lowest BCUT2D eigenvalue weighted by atomic mass is 10.1. The van der Waals surface area contributed by atoms with E-state index in [2.05, 4.69) is 5.32 Å². The first-order valence-corrected chi connectivity index (χ1v) is 9.11. The van der Waals surface area contributed by atoms with Crippen LogP contribution in [-0.4, -0.2) is 55.9 Å². The molecule has 2 aromatic carbocycles. The second-order valence-electron chi connectivity index (χ2n) is 6.90. The third-order valence-electron chi connectivity index (χ3n) is 4.30. The fourth-order valence-electron chi connectivity index (χ4n) is 2.72. The van der Waals surface area contributed by atoms with Crippen LogP contribution in [0, 0.1) is 0 Å². The van der Waals surface area contributed by atoms with Gasteiger partial charge in [0.15, 0.2) is 0 Å². The molecule has 0 heterocycles. The molecule has 0 spiro atoms. The smallest absolute Gasteiger partial charge is 0.416 e. The summed E-state index contributed by atoms with van der Waals surface area (Å²) in [5.74, 6) is -0.0446. The molecule has 6 nitrogen and oxygen atoms in total. The molecule has 0 fully saturated rings. The fourth-order valence-corrected chi connectivity index (χ4v) is 2.72. The minimum Gasteiger partial charge on any atom is -0.497 e. The fraction of sp³-hybridized carbons (Fsp3) is 0.333. The van der Waals surface area contributed by atoms with Crippen LogP contribution in [0.4, 0.5) is 18.9 Å². The maximum atomic E-state index is 12.6.